The van der Waals surface area contributed by atoms with Crippen molar-refractivity contribution in [1.29, 1.82) is 0 Å². The van der Waals surface area contributed by atoms with E-state index in [2.05, 4.69) is 4.72 Å². The maximum absolute atomic E-state index is 12.2. The zero-order chi connectivity index (χ0) is 17.7. The molecule has 3 N–H and O–H groups in total. The van der Waals surface area contributed by atoms with Crippen molar-refractivity contribution in [2.24, 2.45) is 0 Å². The molecule has 0 amide bonds. The second-order valence-electron chi connectivity index (χ2n) is 5.61. The first-order chi connectivity index (χ1) is 12.0. The fourth-order valence-electron chi connectivity index (χ4n) is 2.38. The fraction of sp³-hybridized carbons (Fsp3) is 0.294. The average Bonchev–Trinajstić information content (AvgIpc) is 3.02. The Morgan fingerprint density at radius 3 is 2.60 bits per heavy atom. The molecule has 0 atom stereocenters. The van der Waals surface area contributed by atoms with Gasteiger partial charge in [0, 0.05) is 18.7 Å². The summed E-state index contributed by atoms with van der Waals surface area (Å²) >= 11 is 0. The van der Waals surface area contributed by atoms with E-state index >= 15 is 0 Å². The minimum atomic E-state index is -3.53. The van der Waals surface area contributed by atoms with Crippen molar-refractivity contribution in [2.75, 3.05) is 29.6 Å². The number of nitrogens with one attached hydrogen (secondary N) is 1. The predicted octanol–water partition coefficient (Wildman–Crippen LogP) is 2.35. The fourth-order valence-corrected chi connectivity index (χ4v) is 3.49. The van der Waals surface area contributed by atoms with Gasteiger partial charge >= 0.3 is 0 Å². The van der Waals surface area contributed by atoms with Crippen LogP contribution in [0.5, 0.6) is 11.5 Å². The first-order valence-corrected chi connectivity index (χ1v) is 9.50. The third-order valence-electron chi connectivity index (χ3n) is 3.62. The van der Waals surface area contributed by atoms with Crippen molar-refractivity contribution in [3.8, 4) is 11.5 Å². The van der Waals surface area contributed by atoms with Gasteiger partial charge in [0.25, 0.3) is 0 Å². The van der Waals surface area contributed by atoms with Crippen LogP contribution in [-0.4, -0.2) is 27.6 Å². The molecule has 1 heterocycles. The Morgan fingerprint density at radius 2 is 1.84 bits per heavy atom. The van der Waals surface area contributed by atoms with Gasteiger partial charge in [0.15, 0.2) is 11.5 Å². The van der Waals surface area contributed by atoms with Crippen molar-refractivity contribution in [3.63, 3.8) is 0 Å². The van der Waals surface area contributed by atoms with Crippen molar-refractivity contribution in [1.82, 2.24) is 0 Å². The normalized spacial score (nSPS) is 13.0. The van der Waals surface area contributed by atoms with E-state index in [0.29, 0.717) is 31.1 Å². The summed E-state index contributed by atoms with van der Waals surface area (Å²) in [5.74, 6) is 0.920. The molecule has 25 heavy (non-hydrogen) atoms. The number of sulfonamides is 1. The van der Waals surface area contributed by atoms with Gasteiger partial charge in [0.2, 0.25) is 16.8 Å². The minimum absolute atomic E-state index is 0.0598. The third-order valence-corrected chi connectivity index (χ3v) is 4.98. The molecule has 0 fully saturated rings. The van der Waals surface area contributed by atoms with Crippen LogP contribution in [0.25, 0.3) is 0 Å². The Hall–Kier alpha value is -2.45. The molecule has 3 rings (SSSR count). The van der Waals surface area contributed by atoms with Gasteiger partial charge in [-0.2, -0.15) is 0 Å². The van der Waals surface area contributed by atoms with Gasteiger partial charge in [0.1, 0.15) is 0 Å². The van der Waals surface area contributed by atoms with Crippen molar-refractivity contribution < 1.29 is 22.6 Å². The number of fused-ring (bicyclic) bond motifs is 1. The second-order valence-corrected chi connectivity index (χ2v) is 7.45. The van der Waals surface area contributed by atoms with Crippen LogP contribution >= 0.6 is 0 Å². The van der Waals surface area contributed by atoms with Crippen molar-refractivity contribution in [2.45, 2.75) is 13.0 Å². The van der Waals surface area contributed by atoms with E-state index in [9.17, 15) is 8.42 Å². The Labute approximate surface area is 146 Å². The number of hydrogen-bond donors (Lipinski definition) is 2. The Bertz CT molecular complexity index is 824. The number of nitrogens with two attached hydrogens (primary N) is 1. The first-order valence-electron chi connectivity index (χ1n) is 7.85. The Morgan fingerprint density at radius 1 is 1.12 bits per heavy atom. The molecule has 0 aliphatic carbocycles. The monoisotopic (exact) mass is 364 g/mol. The van der Waals surface area contributed by atoms with Crippen LogP contribution in [0.3, 0.4) is 0 Å². The summed E-state index contributed by atoms with van der Waals surface area (Å²) in [5, 5.41) is 0. The van der Waals surface area contributed by atoms with E-state index < -0.39 is 10.0 Å². The lowest BCUT2D eigenvalue weighted by atomic mass is 10.2. The number of ether oxygens (including phenoxy) is 3. The van der Waals surface area contributed by atoms with Gasteiger partial charge in [-0.25, -0.2) is 8.42 Å². The molecular formula is C17H20N2O5S. The molecule has 0 radical (unpaired) electrons. The molecule has 0 aromatic heterocycles. The molecule has 1 aliphatic rings. The topological polar surface area (TPSA) is 99.9 Å². The lowest BCUT2D eigenvalue weighted by Crippen LogP contribution is -2.18. The van der Waals surface area contributed by atoms with Crippen LogP contribution in [0, 0.1) is 0 Å². The molecule has 0 spiro atoms. The molecule has 0 unspecified atom stereocenters. The molecular weight excluding hydrogens is 344 g/mol. The summed E-state index contributed by atoms with van der Waals surface area (Å²) < 4.78 is 42.8. The van der Waals surface area contributed by atoms with Crippen LogP contribution in [0.2, 0.25) is 0 Å². The summed E-state index contributed by atoms with van der Waals surface area (Å²) in [6, 6.07) is 12.8. The summed E-state index contributed by atoms with van der Waals surface area (Å²) in [6.45, 7) is 0.916. The molecule has 2 aromatic rings. The lowest BCUT2D eigenvalue weighted by molar-refractivity contribution is 0.122. The highest BCUT2D eigenvalue weighted by Crippen LogP contribution is 2.38. The van der Waals surface area contributed by atoms with Crippen LogP contribution in [0.15, 0.2) is 42.5 Å². The molecule has 134 valence electrons. The summed E-state index contributed by atoms with van der Waals surface area (Å²) in [4.78, 5) is 0. The highest BCUT2D eigenvalue weighted by Gasteiger charge is 2.19. The van der Waals surface area contributed by atoms with E-state index in [1.165, 1.54) is 6.07 Å². The van der Waals surface area contributed by atoms with E-state index in [0.717, 1.165) is 5.56 Å². The minimum Gasteiger partial charge on any atom is -0.454 e. The summed E-state index contributed by atoms with van der Waals surface area (Å²) in [7, 11) is -3.53. The van der Waals surface area contributed by atoms with Crippen LogP contribution < -0.4 is 19.9 Å². The van der Waals surface area contributed by atoms with Gasteiger partial charge in [-0.05, 0) is 12.0 Å². The molecule has 1 aliphatic heterocycles. The Kier molecular flexibility index (Phi) is 5.30. The summed E-state index contributed by atoms with van der Waals surface area (Å²) in [5.41, 5.74) is 7.48. The molecule has 8 heteroatoms. The molecule has 7 nitrogen and oxygen atoms in total. The number of rotatable bonds is 8. The van der Waals surface area contributed by atoms with Gasteiger partial charge in [-0.15, -0.1) is 0 Å². The average molecular weight is 364 g/mol. The first kappa shape index (κ1) is 17.4. The van der Waals surface area contributed by atoms with E-state index in [4.69, 9.17) is 19.9 Å². The SMILES string of the molecule is Nc1cc2c(cc1NS(=O)(=O)CCCOCc1ccccc1)OCO2. The van der Waals surface area contributed by atoms with Crippen LogP contribution in [0.1, 0.15) is 12.0 Å². The highest BCUT2D eigenvalue weighted by molar-refractivity contribution is 7.92. The van der Waals surface area contributed by atoms with Gasteiger partial charge in [-0.3, -0.25) is 4.72 Å². The van der Waals surface area contributed by atoms with Crippen molar-refractivity contribution >= 4 is 21.4 Å². The molecule has 0 saturated heterocycles. The van der Waals surface area contributed by atoms with Crippen LogP contribution in [-0.2, 0) is 21.4 Å². The van der Waals surface area contributed by atoms with Gasteiger partial charge in [0.05, 0.1) is 23.7 Å². The highest BCUT2D eigenvalue weighted by atomic mass is 32.2. The standard InChI is InChI=1S/C17H20N2O5S/c18-14-9-16-17(24-12-23-16)10-15(14)19-25(20,21)8-4-7-22-11-13-5-2-1-3-6-13/h1-3,5-6,9-10,19H,4,7-8,11-12,18H2. The maximum atomic E-state index is 12.2. The summed E-state index contributed by atoms with van der Waals surface area (Å²) in [6.07, 6.45) is 0.382. The lowest BCUT2D eigenvalue weighted by Gasteiger charge is -2.11. The zero-order valence-electron chi connectivity index (χ0n) is 13.6. The molecule has 0 bridgehead atoms. The van der Waals surface area contributed by atoms with Gasteiger partial charge in [-0.1, -0.05) is 30.3 Å². The largest absolute Gasteiger partial charge is 0.454 e. The number of benzene rings is 2. The smallest absolute Gasteiger partial charge is 0.232 e. The van der Waals surface area contributed by atoms with Crippen LogP contribution in [0.4, 0.5) is 11.4 Å². The number of anilines is 2. The number of nitrogen functional groups attached to an aromatic ring is 1. The van der Waals surface area contributed by atoms with E-state index in [1.54, 1.807) is 6.07 Å². The maximum Gasteiger partial charge on any atom is 0.232 e. The molecule has 2 aromatic carbocycles. The second kappa shape index (κ2) is 7.62. The zero-order valence-corrected chi connectivity index (χ0v) is 14.4. The number of hydrogen-bond acceptors (Lipinski definition) is 6. The van der Waals surface area contributed by atoms with Gasteiger partial charge < -0.3 is 19.9 Å². The quantitative estimate of drug-likeness (QED) is 0.551. The van der Waals surface area contributed by atoms with E-state index in [1.807, 2.05) is 30.3 Å². The third kappa shape index (κ3) is 4.77. The predicted molar refractivity (Wildman–Crippen MR) is 95.1 cm³/mol. The van der Waals surface area contributed by atoms with Crippen molar-refractivity contribution in [3.05, 3.63) is 48.0 Å². The Balaban J connectivity index is 1.48. The van der Waals surface area contributed by atoms with E-state index in [-0.39, 0.29) is 23.9 Å². The molecule has 0 saturated carbocycles.